The fraction of sp³-hybridized carbons (Fsp3) is 0. The average molecular weight is 789 g/mol. The molecule has 0 saturated carbocycles. The number of fused-ring (bicyclic) bond motifs is 6. The summed E-state index contributed by atoms with van der Waals surface area (Å²) >= 11 is 0. The van der Waals surface area contributed by atoms with E-state index in [2.05, 4.69) is 252 Å². The normalized spacial score (nSPS) is 11.5. The van der Waals surface area contributed by atoms with Gasteiger partial charge >= 0.3 is 0 Å². The van der Waals surface area contributed by atoms with Crippen molar-refractivity contribution in [3.8, 4) is 55.6 Å². The Morgan fingerprint density at radius 1 is 0.226 bits per heavy atom. The highest BCUT2D eigenvalue weighted by Crippen LogP contribution is 2.42. The zero-order chi connectivity index (χ0) is 41.0. The maximum Gasteiger partial charge on any atom is 0.0620 e. The summed E-state index contributed by atoms with van der Waals surface area (Å²) in [6, 6.07) is 88.1. The number of hydrogen-bond acceptors (Lipinski definition) is 1. The van der Waals surface area contributed by atoms with Crippen molar-refractivity contribution in [2.24, 2.45) is 0 Å². The minimum Gasteiger partial charge on any atom is -0.311 e. The molecule has 0 fully saturated rings. The summed E-state index contributed by atoms with van der Waals surface area (Å²) in [5, 5.41) is 5.21. The molecular formula is C60H40N2. The lowest BCUT2D eigenvalue weighted by molar-refractivity contribution is 1.28. The SMILES string of the molecule is c1ccc(-c2ccc(N(c3ccc(-c4ccccc4)cc3)c3ccc(-c4ccc(-c5ccc(-c6cc7c8ccccc8n8c9ccccc9c(c6)c78)cc5)cc4)cc3)cc2)cc1. The lowest BCUT2D eigenvalue weighted by Crippen LogP contribution is -2.09. The summed E-state index contributed by atoms with van der Waals surface area (Å²) in [6.45, 7) is 0. The van der Waals surface area contributed by atoms with Crippen LogP contribution in [0.1, 0.15) is 0 Å². The second-order valence-corrected chi connectivity index (χ2v) is 16.2. The van der Waals surface area contributed by atoms with Crippen LogP contribution < -0.4 is 4.90 Å². The third-order valence-electron chi connectivity index (χ3n) is 12.6. The molecule has 0 aliphatic heterocycles. The molecule has 0 radical (unpaired) electrons. The second-order valence-electron chi connectivity index (χ2n) is 16.2. The largest absolute Gasteiger partial charge is 0.311 e. The molecule has 290 valence electrons. The first-order valence-corrected chi connectivity index (χ1v) is 21.3. The Hall–Kier alpha value is -8.20. The van der Waals surface area contributed by atoms with Crippen LogP contribution in [-0.4, -0.2) is 4.40 Å². The van der Waals surface area contributed by atoms with Crippen LogP contribution in [0.2, 0.25) is 0 Å². The maximum atomic E-state index is 2.44. The van der Waals surface area contributed by atoms with E-state index in [9.17, 15) is 0 Å². The molecule has 0 saturated heterocycles. The summed E-state index contributed by atoms with van der Waals surface area (Å²) in [5.74, 6) is 0. The Bertz CT molecular complexity index is 3330. The quantitative estimate of drug-likeness (QED) is 0.149. The zero-order valence-electron chi connectivity index (χ0n) is 34.0. The lowest BCUT2D eigenvalue weighted by atomic mass is 9.96. The average Bonchev–Trinajstić information content (AvgIpc) is 3.87. The maximum absolute atomic E-state index is 2.44. The van der Waals surface area contributed by atoms with E-state index >= 15 is 0 Å². The smallest absolute Gasteiger partial charge is 0.0620 e. The van der Waals surface area contributed by atoms with E-state index in [0.717, 1.165) is 17.1 Å². The first-order chi connectivity index (χ1) is 30.7. The van der Waals surface area contributed by atoms with E-state index < -0.39 is 0 Å². The van der Waals surface area contributed by atoms with Crippen molar-refractivity contribution in [3.63, 3.8) is 0 Å². The molecule has 0 atom stereocenters. The van der Waals surface area contributed by atoms with Gasteiger partial charge in [0.25, 0.3) is 0 Å². The third kappa shape index (κ3) is 6.12. The number of aromatic nitrogens is 1. The van der Waals surface area contributed by atoms with Crippen LogP contribution in [0.5, 0.6) is 0 Å². The van der Waals surface area contributed by atoms with Crippen molar-refractivity contribution in [1.29, 1.82) is 0 Å². The minimum absolute atomic E-state index is 1.10. The molecule has 62 heavy (non-hydrogen) atoms. The molecule has 2 nitrogen and oxygen atoms in total. The third-order valence-corrected chi connectivity index (χ3v) is 12.6. The molecule has 0 bridgehead atoms. The van der Waals surface area contributed by atoms with Gasteiger partial charge in [-0.05, 0) is 116 Å². The van der Waals surface area contributed by atoms with Gasteiger partial charge in [0, 0.05) is 38.6 Å². The Labute approximate surface area is 361 Å². The van der Waals surface area contributed by atoms with E-state index in [1.54, 1.807) is 0 Å². The molecule has 2 aromatic heterocycles. The van der Waals surface area contributed by atoms with Crippen LogP contribution in [-0.2, 0) is 0 Å². The van der Waals surface area contributed by atoms with Gasteiger partial charge in [-0.1, -0.05) is 182 Å². The summed E-state index contributed by atoms with van der Waals surface area (Å²) < 4.78 is 2.44. The molecule has 12 aromatic rings. The van der Waals surface area contributed by atoms with Gasteiger partial charge in [-0.15, -0.1) is 0 Å². The van der Waals surface area contributed by atoms with Gasteiger partial charge in [-0.25, -0.2) is 0 Å². The molecule has 2 heterocycles. The first kappa shape index (κ1) is 35.7. The van der Waals surface area contributed by atoms with Gasteiger partial charge in [0.2, 0.25) is 0 Å². The number of benzene rings is 10. The topological polar surface area (TPSA) is 7.65 Å². The van der Waals surface area contributed by atoms with Gasteiger partial charge in [0.05, 0.1) is 16.6 Å². The highest BCUT2D eigenvalue weighted by Gasteiger charge is 2.19. The highest BCUT2D eigenvalue weighted by atomic mass is 15.1. The van der Waals surface area contributed by atoms with Crippen LogP contribution >= 0.6 is 0 Å². The van der Waals surface area contributed by atoms with Crippen molar-refractivity contribution < 1.29 is 0 Å². The predicted octanol–water partition coefficient (Wildman–Crippen LogP) is 16.6. The fourth-order valence-corrected chi connectivity index (χ4v) is 9.44. The number of hydrogen-bond donors (Lipinski definition) is 0. The summed E-state index contributed by atoms with van der Waals surface area (Å²) in [4.78, 5) is 2.34. The monoisotopic (exact) mass is 788 g/mol. The van der Waals surface area contributed by atoms with Gasteiger partial charge in [-0.2, -0.15) is 0 Å². The van der Waals surface area contributed by atoms with E-state index in [1.807, 2.05) is 0 Å². The lowest BCUT2D eigenvalue weighted by Gasteiger charge is -2.26. The molecular weight excluding hydrogens is 749 g/mol. The Kier molecular flexibility index (Phi) is 8.53. The summed E-state index contributed by atoms with van der Waals surface area (Å²) in [6.07, 6.45) is 0. The predicted molar refractivity (Wildman–Crippen MR) is 263 cm³/mol. The van der Waals surface area contributed by atoms with E-state index in [1.165, 1.54) is 93.7 Å². The zero-order valence-corrected chi connectivity index (χ0v) is 34.0. The molecule has 0 unspecified atom stereocenters. The molecule has 0 aliphatic carbocycles. The van der Waals surface area contributed by atoms with Crippen molar-refractivity contribution in [3.05, 3.63) is 243 Å². The van der Waals surface area contributed by atoms with Crippen LogP contribution in [0.4, 0.5) is 17.1 Å². The van der Waals surface area contributed by atoms with Crippen LogP contribution in [0.25, 0.3) is 93.7 Å². The van der Waals surface area contributed by atoms with Crippen molar-refractivity contribution in [1.82, 2.24) is 4.40 Å². The van der Waals surface area contributed by atoms with E-state index in [-0.39, 0.29) is 0 Å². The molecule has 12 rings (SSSR count). The standard InChI is InChI=1S/C60H40N2/c1-3-11-41(12-4-1)46-27-33-51(34-28-46)61(52-35-29-47(30-36-52)42-13-5-2-6-14-42)53-37-31-48(32-38-53)45-21-19-43(20-22-45)44-23-25-49(26-24-44)50-39-56-54-15-7-9-17-58(54)62-59-18-10-8-16-55(59)57(40-50)60(56)62/h1-40H. The molecule has 0 N–H and O–H groups in total. The van der Waals surface area contributed by atoms with Crippen LogP contribution in [0.3, 0.4) is 0 Å². The molecule has 0 aliphatic rings. The van der Waals surface area contributed by atoms with Crippen molar-refractivity contribution >= 4 is 55.2 Å². The van der Waals surface area contributed by atoms with Crippen molar-refractivity contribution in [2.45, 2.75) is 0 Å². The Morgan fingerprint density at radius 3 is 0.855 bits per heavy atom. The fourth-order valence-electron chi connectivity index (χ4n) is 9.44. The number of nitrogens with zero attached hydrogens (tertiary/aromatic N) is 2. The van der Waals surface area contributed by atoms with Gasteiger partial charge in [0.15, 0.2) is 0 Å². The molecule has 10 aromatic carbocycles. The van der Waals surface area contributed by atoms with Crippen LogP contribution in [0.15, 0.2) is 243 Å². The van der Waals surface area contributed by atoms with Gasteiger partial charge < -0.3 is 9.30 Å². The summed E-state index contributed by atoms with van der Waals surface area (Å²) in [5.41, 5.74) is 19.2. The minimum atomic E-state index is 1.10. The molecule has 0 amide bonds. The van der Waals surface area contributed by atoms with Crippen LogP contribution in [0, 0.1) is 0 Å². The second kappa shape index (κ2) is 14.8. The number of para-hydroxylation sites is 2. The first-order valence-electron chi connectivity index (χ1n) is 21.3. The van der Waals surface area contributed by atoms with Gasteiger partial charge in [0.1, 0.15) is 0 Å². The Balaban J connectivity index is 0.827. The van der Waals surface area contributed by atoms with E-state index in [4.69, 9.17) is 0 Å². The molecule has 0 spiro atoms. The Morgan fingerprint density at radius 2 is 0.500 bits per heavy atom. The van der Waals surface area contributed by atoms with Gasteiger partial charge in [-0.3, -0.25) is 0 Å². The van der Waals surface area contributed by atoms with E-state index in [0.29, 0.717) is 0 Å². The number of rotatable bonds is 8. The molecule has 2 heteroatoms. The number of anilines is 3. The summed E-state index contributed by atoms with van der Waals surface area (Å²) in [7, 11) is 0. The van der Waals surface area contributed by atoms with Crippen molar-refractivity contribution in [2.75, 3.05) is 4.90 Å². The highest BCUT2D eigenvalue weighted by molar-refractivity contribution is 6.24.